The van der Waals surface area contributed by atoms with Crippen LogP contribution in [0.3, 0.4) is 0 Å². The quantitative estimate of drug-likeness (QED) is 0.849. The Bertz CT molecular complexity index is 596. The number of aliphatic carboxylic acids is 1. The Morgan fingerprint density at radius 3 is 2.69 bits per heavy atom. The topological polar surface area (TPSA) is 71.4 Å². The van der Waals surface area contributed by atoms with E-state index in [0.717, 1.165) is 11.0 Å². The van der Waals surface area contributed by atoms with Crippen molar-refractivity contribution in [1.82, 2.24) is 0 Å². The molecule has 5 heteroatoms. The number of sulfone groups is 1. The largest absolute Gasteiger partial charge is 0.481 e. The lowest BCUT2D eigenvalue weighted by Gasteiger charge is -2.05. The van der Waals surface area contributed by atoms with E-state index in [1.54, 1.807) is 19.1 Å². The third-order valence-electron chi connectivity index (χ3n) is 2.50. The van der Waals surface area contributed by atoms with Gasteiger partial charge in [-0.1, -0.05) is 12.1 Å². The van der Waals surface area contributed by atoms with Gasteiger partial charge in [-0.2, -0.15) is 0 Å². The van der Waals surface area contributed by atoms with Gasteiger partial charge in [0.2, 0.25) is 9.84 Å². The summed E-state index contributed by atoms with van der Waals surface area (Å²) in [6.45, 7) is 1.77. The Morgan fingerprint density at radius 2 is 2.06 bits per heavy atom. The summed E-state index contributed by atoms with van der Waals surface area (Å²) in [6.07, 6.45) is -0.267. The first-order valence-electron chi connectivity index (χ1n) is 4.69. The van der Waals surface area contributed by atoms with Crippen molar-refractivity contribution in [3.63, 3.8) is 0 Å². The molecule has 0 unspecified atom stereocenters. The number of aryl methyl sites for hydroxylation is 1. The molecule has 2 rings (SSSR count). The summed E-state index contributed by atoms with van der Waals surface area (Å²) in [5.41, 5.74) is 1.69. The Hall–Kier alpha value is -1.62. The second-order valence-electron chi connectivity index (χ2n) is 3.71. The first kappa shape index (κ1) is 10.9. The van der Waals surface area contributed by atoms with Gasteiger partial charge in [-0.25, -0.2) is 8.42 Å². The van der Waals surface area contributed by atoms with Crippen molar-refractivity contribution in [2.75, 3.05) is 0 Å². The van der Waals surface area contributed by atoms with Crippen LogP contribution in [0.15, 0.2) is 28.5 Å². The van der Waals surface area contributed by atoms with E-state index >= 15 is 0 Å². The third-order valence-corrected chi connectivity index (χ3v) is 4.05. The van der Waals surface area contributed by atoms with Crippen LogP contribution in [-0.2, 0) is 14.6 Å². The molecule has 4 nitrogen and oxygen atoms in total. The van der Waals surface area contributed by atoms with Crippen molar-refractivity contribution in [1.29, 1.82) is 0 Å². The SMILES string of the molecule is Cc1cccc2c1C(CC(=O)O)=CS2(=O)=O. The average molecular weight is 238 g/mol. The summed E-state index contributed by atoms with van der Waals surface area (Å²) in [7, 11) is -3.45. The molecule has 0 fully saturated rings. The summed E-state index contributed by atoms with van der Waals surface area (Å²) in [4.78, 5) is 10.9. The van der Waals surface area contributed by atoms with Crippen molar-refractivity contribution >= 4 is 21.4 Å². The van der Waals surface area contributed by atoms with Crippen LogP contribution < -0.4 is 0 Å². The summed E-state index contributed by atoms with van der Waals surface area (Å²) in [5.74, 6) is -1.03. The second-order valence-corrected chi connectivity index (χ2v) is 5.47. The summed E-state index contributed by atoms with van der Waals surface area (Å²) in [6, 6.07) is 4.93. The van der Waals surface area contributed by atoms with Crippen molar-refractivity contribution in [2.24, 2.45) is 0 Å². The molecule has 1 aliphatic rings. The van der Waals surface area contributed by atoms with Gasteiger partial charge in [-0.15, -0.1) is 0 Å². The minimum absolute atomic E-state index is 0.212. The number of fused-ring (bicyclic) bond motifs is 1. The zero-order valence-electron chi connectivity index (χ0n) is 8.60. The highest BCUT2D eigenvalue weighted by Crippen LogP contribution is 2.37. The van der Waals surface area contributed by atoms with E-state index in [1.807, 2.05) is 0 Å². The molecule has 0 radical (unpaired) electrons. The maximum atomic E-state index is 11.7. The van der Waals surface area contributed by atoms with Crippen LogP contribution >= 0.6 is 0 Å². The Morgan fingerprint density at radius 1 is 1.38 bits per heavy atom. The third kappa shape index (κ3) is 1.63. The molecule has 0 spiro atoms. The van der Waals surface area contributed by atoms with Crippen LogP contribution in [0.25, 0.3) is 5.57 Å². The number of carboxylic acids is 1. The van der Waals surface area contributed by atoms with Gasteiger partial charge in [0, 0.05) is 11.0 Å². The van der Waals surface area contributed by atoms with Crippen molar-refractivity contribution < 1.29 is 18.3 Å². The van der Waals surface area contributed by atoms with Crippen LogP contribution in [-0.4, -0.2) is 19.5 Å². The number of benzene rings is 1. The minimum atomic E-state index is -3.45. The Balaban J connectivity index is 2.67. The minimum Gasteiger partial charge on any atom is -0.481 e. The molecule has 0 aromatic heterocycles. The maximum Gasteiger partial charge on any atom is 0.307 e. The molecule has 1 aliphatic heterocycles. The molecule has 16 heavy (non-hydrogen) atoms. The fourth-order valence-electron chi connectivity index (χ4n) is 1.89. The van der Waals surface area contributed by atoms with E-state index in [-0.39, 0.29) is 11.3 Å². The van der Waals surface area contributed by atoms with Crippen LogP contribution in [0.5, 0.6) is 0 Å². The fourth-order valence-corrected chi connectivity index (χ4v) is 3.44. The predicted molar refractivity (Wildman–Crippen MR) is 58.6 cm³/mol. The van der Waals surface area contributed by atoms with Crippen LogP contribution in [0.4, 0.5) is 0 Å². The standard InChI is InChI=1S/C11H10O4S/c1-7-3-2-4-9-11(7)8(5-10(12)13)6-16(9,14)15/h2-4,6H,5H2,1H3,(H,12,13). The lowest BCUT2D eigenvalue weighted by atomic mass is 10.00. The maximum absolute atomic E-state index is 11.7. The van der Waals surface area contributed by atoms with E-state index in [0.29, 0.717) is 11.1 Å². The van der Waals surface area contributed by atoms with Gasteiger partial charge in [0.05, 0.1) is 11.3 Å². The zero-order valence-corrected chi connectivity index (χ0v) is 9.41. The number of rotatable bonds is 2. The van der Waals surface area contributed by atoms with Gasteiger partial charge < -0.3 is 5.11 Å². The molecule has 1 aromatic carbocycles. The van der Waals surface area contributed by atoms with E-state index in [4.69, 9.17) is 5.11 Å². The van der Waals surface area contributed by atoms with Crippen LogP contribution in [0.1, 0.15) is 17.5 Å². The van der Waals surface area contributed by atoms with E-state index in [9.17, 15) is 13.2 Å². The molecule has 0 saturated heterocycles. The molecule has 0 bridgehead atoms. The van der Waals surface area contributed by atoms with Gasteiger partial charge in [0.1, 0.15) is 0 Å². The zero-order chi connectivity index (χ0) is 11.9. The normalized spacial score (nSPS) is 16.7. The second kappa shape index (κ2) is 3.45. The summed E-state index contributed by atoms with van der Waals surface area (Å²) >= 11 is 0. The lowest BCUT2D eigenvalue weighted by molar-refractivity contribution is -0.135. The smallest absolute Gasteiger partial charge is 0.307 e. The predicted octanol–water partition coefficient (Wildman–Crippen LogP) is 1.60. The number of carbonyl (C=O) groups is 1. The van der Waals surface area contributed by atoms with Gasteiger partial charge in [0.15, 0.2) is 0 Å². The molecule has 1 heterocycles. The molecule has 0 amide bonds. The molecule has 0 atom stereocenters. The highest BCUT2D eigenvalue weighted by molar-refractivity contribution is 7.95. The van der Waals surface area contributed by atoms with Crippen molar-refractivity contribution in [2.45, 2.75) is 18.2 Å². The van der Waals surface area contributed by atoms with Gasteiger partial charge >= 0.3 is 5.97 Å². The van der Waals surface area contributed by atoms with Gasteiger partial charge in [0.25, 0.3) is 0 Å². The van der Waals surface area contributed by atoms with Crippen molar-refractivity contribution in [3.05, 3.63) is 34.7 Å². The first-order valence-corrected chi connectivity index (χ1v) is 6.24. The molecule has 0 saturated carbocycles. The molecule has 0 aliphatic carbocycles. The van der Waals surface area contributed by atoms with E-state index < -0.39 is 15.8 Å². The van der Waals surface area contributed by atoms with E-state index in [2.05, 4.69) is 0 Å². The summed E-state index contributed by atoms with van der Waals surface area (Å²) in [5, 5.41) is 9.78. The van der Waals surface area contributed by atoms with E-state index in [1.165, 1.54) is 6.07 Å². The van der Waals surface area contributed by atoms with Crippen LogP contribution in [0, 0.1) is 6.92 Å². The van der Waals surface area contributed by atoms with Gasteiger partial charge in [-0.05, 0) is 24.1 Å². The number of hydrogen-bond donors (Lipinski definition) is 1. The average Bonchev–Trinajstić information content (AvgIpc) is 2.38. The molecular weight excluding hydrogens is 228 g/mol. The number of carboxylic acid groups (broad SMARTS) is 1. The molecule has 84 valence electrons. The first-order chi connectivity index (χ1) is 7.42. The number of hydrogen-bond acceptors (Lipinski definition) is 3. The lowest BCUT2D eigenvalue weighted by Crippen LogP contribution is -1.97. The van der Waals surface area contributed by atoms with Crippen molar-refractivity contribution in [3.8, 4) is 0 Å². The fraction of sp³-hybridized carbons (Fsp3) is 0.182. The monoisotopic (exact) mass is 238 g/mol. The molecule has 1 N–H and O–H groups in total. The van der Waals surface area contributed by atoms with Gasteiger partial charge in [-0.3, -0.25) is 4.79 Å². The highest BCUT2D eigenvalue weighted by Gasteiger charge is 2.28. The summed E-state index contributed by atoms with van der Waals surface area (Å²) < 4.78 is 23.5. The Kier molecular flexibility index (Phi) is 2.35. The van der Waals surface area contributed by atoms with Crippen LogP contribution in [0.2, 0.25) is 0 Å². The molecular formula is C11H10O4S. The highest BCUT2D eigenvalue weighted by atomic mass is 32.2. The molecule has 1 aromatic rings. The Labute approximate surface area is 93.1 Å².